The molecule has 3 fully saturated rings. The van der Waals surface area contributed by atoms with Crippen LogP contribution in [0.5, 0.6) is 0 Å². The normalized spacial score (nSPS) is 48.0. The summed E-state index contributed by atoms with van der Waals surface area (Å²) in [4.78, 5) is 0. The number of allylic oxidation sites excluding steroid dienone is 2. The van der Waals surface area contributed by atoms with Crippen LogP contribution in [0.15, 0.2) is 24.3 Å². The molecule has 0 heterocycles. The van der Waals surface area contributed by atoms with Gasteiger partial charge in [0, 0.05) is 6.61 Å². The van der Waals surface area contributed by atoms with Crippen molar-refractivity contribution < 1.29 is 15.3 Å². The van der Waals surface area contributed by atoms with Crippen molar-refractivity contribution in [3.8, 4) is 0 Å². The molecule has 0 radical (unpaired) electrons. The second-order valence-corrected chi connectivity index (χ2v) is 9.31. The molecule has 0 bridgehead atoms. The molecule has 0 aromatic heterocycles. The highest BCUT2D eigenvalue weighted by molar-refractivity contribution is 5.21. The summed E-state index contributed by atoms with van der Waals surface area (Å²) in [5.41, 5.74) is 1.67. The van der Waals surface area contributed by atoms with E-state index in [1.165, 1.54) is 12.0 Å². The van der Waals surface area contributed by atoms with Crippen LogP contribution in [0, 0.1) is 34.5 Å². The third-order valence-electron chi connectivity index (χ3n) is 8.31. The zero-order valence-corrected chi connectivity index (χ0v) is 16.0. The van der Waals surface area contributed by atoms with Gasteiger partial charge in [-0.25, -0.2) is 0 Å². The lowest BCUT2D eigenvalue weighted by Crippen LogP contribution is -2.50. The summed E-state index contributed by atoms with van der Waals surface area (Å²) >= 11 is 0. The number of rotatable bonds is 4. The summed E-state index contributed by atoms with van der Waals surface area (Å²) < 4.78 is 0. The number of hydrogen-bond acceptors (Lipinski definition) is 3. The maximum atomic E-state index is 10.3. The van der Waals surface area contributed by atoms with Gasteiger partial charge < -0.3 is 15.3 Å². The molecule has 3 heteroatoms. The minimum Gasteiger partial charge on any atom is -0.396 e. The van der Waals surface area contributed by atoms with Gasteiger partial charge in [-0.3, -0.25) is 0 Å². The highest BCUT2D eigenvalue weighted by Gasteiger charge is 2.56. The molecule has 0 aromatic carbocycles. The molecule has 3 aliphatic carbocycles. The quantitative estimate of drug-likeness (QED) is 0.679. The molecule has 0 spiro atoms. The summed E-state index contributed by atoms with van der Waals surface area (Å²) in [6.45, 7) is 9.38. The number of fused-ring (bicyclic) bond motifs is 1. The summed E-state index contributed by atoms with van der Waals surface area (Å²) in [6.07, 6.45) is 10.9. The van der Waals surface area contributed by atoms with E-state index in [1.54, 1.807) is 0 Å². The van der Waals surface area contributed by atoms with Crippen LogP contribution in [-0.2, 0) is 0 Å². The van der Waals surface area contributed by atoms with E-state index in [-0.39, 0.29) is 36.1 Å². The van der Waals surface area contributed by atoms with Crippen molar-refractivity contribution in [2.24, 2.45) is 34.5 Å². The van der Waals surface area contributed by atoms with E-state index >= 15 is 0 Å². The lowest BCUT2D eigenvalue weighted by atomic mass is 9.49. The van der Waals surface area contributed by atoms with E-state index in [0.29, 0.717) is 17.8 Å². The standard InChI is InChI=1S/C22H36O3/c1-15-6-7-19-18(14-24)20(9-11-21(15,19)2)22(3)10-8-17(25)13-16(22)5-4-12-23/h4-5,16-20,23-25H,1,6-14H2,2-3H3/t16-,17-,18-,19?,20?,21+,22-/m0/s1. The monoisotopic (exact) mass is 348 g/mol. The van der Waals surface area contributed by atoms with E-state index in [1.807, 2.05) is 6.08 Å². The van der Waals surface area contributed by atoms with Gasteiger partial charge in [0.15, 0.2) is 0 Å². The van der Waals surface area contributed by atoms with Gasteiger partial charge in [-0.05, 0) is 79.4 Å². The predicted octanol–water partition coefficient (Wildman–Crippen LogP) is 3.69. The smallest absolute Gasteiger partial charge is 0.0612 e. The summed E-state index contributed by atoms with van der Waals surface area (Å²) in [5, 5.41) is 29.8. The molecule has 7 atom stereocenters. The van der Waals surface area contributed by atoms with Gasteiger partial charge in [0.2, 0.25) is 0 Å². The van der Waals surface area contributed by atoms with Crippen molar-refractivity contribution in [1.29, 1.82) is 0 Å². The fourth-order valence-electron chi connectivity index (χ4n) is 6.59. The second kappa shape index (κ2) is 7.17. The van der Waals surface area contributed by atoms with Crippen LogP contribution >= 0.6 is 0 Å². The van der Waals surface area contributed by atoms with Crippen LogP contribution in [-0.4, -0.2) is 34.6 Å². The van der Waals surface area contributed by atoms with Gasteiger partial charge in [0.05, 0.1) is 12.7 Å². The van der Waals surface area contributed by atoms with Crippen LogP contribution in [0.4, 0.5) is 0 Å². The Balaban J connectivity index is 1.90. The topological polar surface area (TPSA) is 60.7 Å². The summed E-state index contributed by atoms with van der Waals surface area (Å²) in [7, 11) is 0. The maximum Gasteiger partial charge on any atom is 0.0612 e. The molecule has 2 unspecified atom stereocenters. The molecule has 3 aliphatic rings. The lowest BCUT2D eigenvalue weighted by molar-refractivity contribution is -0.0825. The molecule has 0 amide bonds. The SMILES string of the molecule is C=C1CCC2[C@H](CO)C([C@@]3(C)CC[C@H](O)C[C@@H]3C=CCO)CC[C@]12C. The van der Waals surface area contributed by atoms with Crippen LogP contribution in [0.2, 0.25) is 0 Å². The summed E-state index contributed by atoms with van der Waals surface area (Å²) in [5.74, 6) is 1.61. The first-order chi connectivity index (χ1) is 11.9. The molecular formula is C22H36O3. The molecular weight excluding hydrogens is 312 g/mol. The minimum absolute atomic E-state index is 0.0529. The average Bonchev–Trinajstić information content (AvgIpc) is 2.90. The predicted molar refractivity (Wildman–Crippen MR) is 101 cm³/mol. The van der Waals surface area contributed by atoms with Crippen LogP contribution in [0.25, 0.3) is 0 Å². The van der Waals surface area contributed by atoms with Gasteiger partial charge >= 0.3 is 0 Å². The molecule has 3 saturated carbocycles. The Morgan fingerprint density at radius 3 is 2.56 bits per heavy atom. The Hall–Kier alpha value is -0.640. The minimum atomic E-state index is -0.242. The molecule has 3 N–H and O–H groups in total. The molecule has 0 aromatic rings. The highest BCUT2D eigenvalue weighted by Crippen LogP contribution is 2.63. The van der Waals surface area contributed by atoms with Gasteiger partial charge in [0.25, 0.3) is 0 Å². The third kappa shape index (κ3) is 3.13. The maximum absolute atomic E-state index is 10.3. The van der Waals surface area contributed by atoms with Crippen LogP contribution in [0.3, 0.4) is 0 Å². The molecule has 3 rings (SSSR count). The Morgan fingerprint density at radius 1 is 1.12 bits per heavy atom. The Bertz CT molecular complexity index is 527. The lowest BCUT2D eigenvalue weighted by Gasteiger charge is -2.56. The van der Waals surface area contributed by atoms with Crippen molar-refractivity contribution in [2.45, 2.75) is 64.9 Å². The van der Waals surface area contributed by atoms with E-state index in [0.717, 1.165) is 38.5 Å². The molecule has 25 heavy (non-hydrogen) atoms. The van der Waals surface area contributed by atoms with E-state index in [2.05, 4.69) is 26.5 Å². The van der Waals surface area contributed by atoms with Crippen LogP contribution in [0.1, 0.15) is 58.8 Å². The fraction of sp³-hybridized carbons (Fsp3) is 0.818. The zero-order valence-electron chi connectivity index (χ0n) is 16.0. The van der Waals surface area contributed by atoms with E-state index in [9.17, 15) is 15.3 Å². The Kier molecular flexibility index (Phi) is 5.49. The third-order valence-corrected chi connectivity index (χ3v) is 8.31. The second-order valence-electron chi connectivity index (χ2n) is 9.31. The van der Waals surface area contributed by atoms with Gasteiger partial charge in [-0.1, -0.05) is 38.2 Å². The molecule has 3 nitrogen and oxygen atoms in total. The number of aliphatic hydroxyl groups is 3. The molecule has 0 aliphatic heterocycles. The van der Waals surface area contributed by atoms with Crippen molar-refractivity contribution in [3.63, 3.8) is 0 Å². The van der Waals surface area contributed by atoms with Crippen LogP contribution < -0.4 is 0 Å². The molecule has 142 valence electrons. The van der Waals surface area contributed by atoms with Gasteiger partial charge in [-0.15, -0.1) is 0 Å². The van der Waals surface area contributed by atoms with Crippen molar-refractivity contribution in [2.75, 3.05) is 13.2 Å². The first-order valence-corrected chi connectivity index (χ1v) is 10.1. The largest absolute Gasteiger partial charge is 0.396 e. The van der Waals surface area contributed by atoms with Crippen molar-refractivity contribution in [3.05, 3.63) is 24.3 Å². The average molecular weight is 349 g/mol. The first-order valence-electron chi connectivity index (χ1n) is 10.1. The Morgan fingerprint density at radius 2 is 1.88 bits per heavy atom. The highest BCUT2D eigenvalue weighted by atomic mass is 16.3. The fourth-order valence-corrected chi connectivity index (χ4v) is 6.59. The number of hydrogen-bond donors (Lipinski definition) is 3. The summed E-state index contributed by atoms with van der Waals surface area (Å²) in [6, 6.07) is 0. The Labute approximate surface area is 152 Å². The van der Waals surface area contributed by atoms with Crippen molar-refractivity contribution >= 4 is 0 Å². The molecule has 0 saturated heterocycles. The zero-order chi connectivity index (χ0) is 18.2. The van der Waals surface area contributed by atoms with Gasteiger partial charge in [0.1, 0.15) is 0 Å². The van der Waals surface area contributed by atoms with Gasteiger partial charge in [-0.2, -0.15) is 0 Å². The number of aliphatic hydroxyl groups excluding tert-OH is 3. The van der Waals surface area contributed by atoms with E-state index in [4.69, 9.17) is 0 Å². The first kappa shape index (κ1) is 19.1. The van der Waals surface area contributed by atoms with E-state index < -0.39 is 0 Å². The van der Waals surface area contributed by atoms with Crippen molar-refractivity contribution in [1.82, 2.24) is 0 Å².